The van der Waals surface area contributed by atoms with E-state index < -0.39 is 0 Å². The van der Waals surface area contributed by atoms with Crippen LogP contribution in [0.25, 0.3) is 0 Å². The molecule has 5 heteroatoms. The van der Waals surface area contributed by atoms with Crippen molar-refractivity contribution in [3.63, 3.8) is 0 Å². The predicted molar refractivity (Wildman–Crippen MR) is 101 cm³/mol. The van der Waals surface area contributed by atoms with Gasteiger partial charge in [-0.3, -0.25) is 9.59 Å². The molecule has 1 aromatic carbocycles. The zero-order chi connectivity index (χ0) is 18.4. The second-order valence-electron chi connectivity index (χ2n) is 7.66. The lowest BCUT2D eigenvalue weighted by Gasteiger charge is -2.33. The molecule has 2 aliphatic heterocycles. The molecular formula is C21H30N2O3. The quantitative estimate of drug-likeness (QED) is 0.761. The first-order valence-corrected chi connectivity index (χ1v) is 9.79. The fraction of sp³-hybridized carbons (Fsp3) is 0.619. The topological polar surface area (TPSA) is 58.6 Å². The Morgan fingerprint density at radius 3 is 2.50 bits per heavy atom. The summed E-state index contributed by atoms with van der Waals surface area (Å²) in [4.78, 5) is 26.8. The lowest BCUT2D eigenvalue weighted by molar-refractivity contribution is -0.122. The largest absolute Gasteiger partial charge is 0.381 e. The van der Waals surface area contributed by atoms with E-state index in [1.54, 1.807) is 0 Å². The minimum atomic E-state index is -0.00638. The molecule has 3 rings (SSSR count). The standard InChI is InChI=1S/C21H30N2O3/c1-16-2-4-18(5-3-16)20(24)6-7-21(25)22-19-8-11-23(12-9-19)14-17-10-13-26-15-17/h2-5,17,19H,6-15H2,1H3,(H,22,25). The number of amides is 1. The summed E-state index contributed by atoms with van der Waals surface area (Å²) in [6, 6.07) is 7.77. The van der Waals surface area contributed by atoms with Crippen LogP contribution in [0.5, 0.6) is 0 Å². The van der Waals surface area contributed by atoms with Crippen LogP contribution in [0.2, 0.25) is 0 Å². The molecule has 1 atom stereocenters. The third kappa shape index (κ3) is 5.64. The van der Waals surface area contributed by atoms with Gasteiger partial charge in [-0.1, -0.05) is 29.8 Å². The van der Waals surface area contributed by atoms with Crippen molar-refractivity contribution in [1.82, 2.24) is 10.2 Å². The monoisotopic (exact) mass is 358 g/mol. The molecule has 1 N–H and O–H groups in total. The molecule has 142 valence electrons. The van der Waals surface area contributed by atoms with Crippen LogP contribution in [0.15, 0.2) is 24.3 Å². The second kappa shape index (κ2) is 9.28. The van der Waals surface area contributed by atoms with Crippen molar-refractivity contribution in [1.29, 1.82) is 0 Å². The summed E-state index contributed by atoms with van der Waals surface area (Å²) in [5.74, 6) is 0.704. The van der Waals surface area contributed by atoms with Crippen LogP contribution in [0.3, 0.4) is 0 Å². The van der Waals surface area contributed by atoms with Gasteiger partial charge in [0, 0.05) is 50.7 Å². The van der Waals surface area contributed by atoms with Crippen molar-refractivity contribution in [2.45, 2.75) is 45.1 Å². The van der Waals surface area contributed by atoms with Gasteiger partial charge in [0.15, 0.2) is 5.78 Å². The van der Waals surface area contributed by atoms with Crippen molar-refractivity contribution in [3.05, 3.63) is 35.4 Å². The van der Waals surface area contributed by atoms with Crippen LogP contribution in [-0.4, -0.2) is 55.5 Å². The fourth-order valence-corrected chi connectivity index (χ4v) is 3.76. The van der Waals surface area contributed by atoms with Gasteiger partial charge in [-0.05, 0) is 32.1 Å². The number of ketones is 1. The molecule has 0 aromatic heterocycles. The molecule has 0 aliphatic carbocycles. The number of hydrogen-bond donors (Lipinski definition) is 1. The van der Waals surface area contributed by atoms with Gasteiger partial charge >= 0.3 is 0 Å². The zero-order valence-corrected chi connectivity index (χ0v) is 15.7. The highest BCUT2D eigenvalue weighted by atomic mass is 16.5. The van der Waals surface area contributed by atoms with Crippen molar-refractivity contribution in [2.24, 2.45) is 5.92 Å². The molecule has 2 heterocycles. The van der Waals surface area contributed by atoms with E-state index in [-0.39, 0.29) is 30.6 Å². The van der Waals surface area contributed by atoms with Gasteiger partial charge in [0.2, 0.25) is 5.91 Å². The van der Waals surface area contributed by atoms with Gasteiger partial charge in [0.25, 0.3) is 0 Å². The maximum absolute atomic E-state index is 12.2. The molecular weight excluding hydrogens is 328 g/mol. The smallest absolute Gasteiger partial charge is 0.220 e. The van der Waals surface area contributed by atoms with Gasteiger partial charge in [-0.2, -0.15) is 0 Å². The van der Waals surface area contributed by atoms with E-state index in [2.05, 4.69) is 10.2 Å². The summed E-state index contributed by atoms with van der Waals surface area (Å²) >= 11 is 0. The molecule has 0 radical (unpaired) electrons. The Balaban J connectivity index is 1.33. The highest BCUT2D eigenvalue weighted by Crippen LogP contribution is 2.18. The number of hydrogen-bond acceptors (Lipinski definition) is 4. The summed E-state index contributed by atoms with van der Waals surface area (Å²) < 4.78 is 5.45. The van der Waals surface area contributed by atoms with Crippen molar-refractivity contribution in [2.75, 3.05) is 32.8 Å². The normalized spacial score (nSPS) is 21.7. The van der Waals surface area contributed by atoms with Gasteiger partial charge < -0.3 is 15.0 Å². The number of piperidine rings is 1. The maximum Gasteiger partial charge on any atom is 0.220 e. The number of Topliss-reactive ketones (excluding diaryl/α,β-unsaturated/α-hetero) is 1. The van der Waals surface area contributed by atoms with Gasteiger partial charge in [-0.15, -0.1) is 0 Å². The van der Waals surface area contributed by atoms with E-state index in [9.17, 15) is 9.59 Å². The van der Waals surface area contributed by atoms with E-state index in [4.69, 9.17) is 4.74 Å². The lowest BCUT2D eigenvalue weighted by Crippen LogP contribution is -2.45. The van der Waals surface area contributed by atoms with E-state index in [1.807, 2.05) is 31.2 Å². The summed E-state index contributed by atoms with van der Waals surface area (Å²) in [6.45, 7) is 6.97. The van der Waals surface area contributed by atoms with Crippen LogP contribution in [0, 0.1) is 12.8 Å². The van der Waals surface area contributed by atoms with E-state index in [0.29, 0.717) is 11.5 Å². The van der Waals surface area contributed by atoms with Crippen LogP contribution in [0.1, 0.15) is 48.0 Å². The summed E-state index contributed by atoms with van der Waals surface area (Å²) in [7, 11) is 0. The second-order valence-corrected chi connectivity index (χ2v) is 7.66. The Hall–Kier alpha value is -1.72. The third-order valence-electron chi connectivity index (χ3n) is 5.45. The third-order valence-corrected chi connectivity index (χ3v) is 5.45. The number of ether oxygens (including phenoxy) is 1. The number of likely N-dealkylation sites (tertiary alicyclic amines) is 1. The molecule has 2 aliphatic rings. The Morgan fingerprint density at radius 2 is 1.85 bits per heavy atom. The number of rotatable bonds is 7. The van der Waals surface area contributed by atoms with Crippen molar-refractivity contribution < 1.29 is 14.3 Å². The highest BCUT2D eigenvalue weighted by molar-refractivity contribution is 5.97. The van der Waals surface area contributed by atoms with E-state index in [0.717, 1.165) is 51.3 Å². The highest BCUT2D eigenvalue weighted by Gasteiger charge is 2.24. The van der Waals surface area contributed by atoms with Crippen LogP contribution in [-0.2, 0) is 9.53 Å². The SMILES string of the molecule is Cc1ccc(C(=O)CCC(=O)NC2CCN(CC3CCOC3)CC2)cc1. The molecule has 0 saturated carbocycles. The number of carbonyl (C=O) groups excluding carboxylic acids is 2. The zero-order valence-electron chi connectivity index (χ0n) is 15.7. The van der Waals surface area contributed by atoms with Crippen LogP contribution >= 0.6 is 0 Å². The molecule has 1 amide bonds. The Morgan fingerprint density at radius 1 is 1.12 bits per heavy atom. The average Bonchev–Trinajstić information content (AvgIpc) is 3.15. The van der Waals surface area contributed by atoms with Gasteiger partial charge in [0.1, 0.15) is 0 Å². The van der Waals surface area contributed by atoms with Crippen molar-refractivity contribution >= 4 is 11.7 Å². The molecule has 0 spiro atoms. The van der Waals surface area contributed by atoms with E-state index >= 15 is 0 Å². The molecule has 2 fully saturated rings. The molecule has 1 aromatic rings. The fourth-order valence-electron chi connectivity index (χ4n) is 3.76. The first-order valence-electron chi connectivity index (χ1n) is 9.79. The lowest BCUT2D eigenvalue weighted by atomic mass is 10.0. The van der Waals surface area contributed by atoms with Crippen molar-refractivity contribution in [3.8, 4) is 0 Å². The van der Waals surface area contributed by atoms with E-state index in [1.165, 1.54) is 6.42 Å². The molecule has 0 bridgehead atoms. The van der Waals surface area contributed by atoms with Crippen LogP contribution < -0.4 is 5.32 Å². The summed E-state index contributed by atoms with van der Waals surface area (Å²) in [5.41, 5.74) is 1.82. The first-order chi connectivity index (χ1) is 12.6. The summed E-state index contributed by atoms with van der Waals surface area (Å²) in [6.07, 6.45) is 3.70. The number of nitrogens with zero attached hydrogens (tertiary/aromatic N) is 1. The number of aryl methyl sites for hydroxylation is 1. The predicted octanol–water partition coefficient (Wildman–Crippen LogP) is 2.58. The molecule has 1 unspecified atom stereocenters. The number of nitrogens with one attached hydrogen (secondary N) is 1. The molecule has 2 saturated heterocycles. The number of carbonyl (C=O) groups is 2. The Bertz CT molecular complexity index is 600. The minimum absolute atomic E-state index is 0.00638. The molecule has 5 nitrogen and oxygen atoms in total. The number of benzene rings is 1. The summed E-state index contributed by atoms with van der Waals surface area (Å²) in [5, 5.41) is 3.11. The minimum Gasteiger partial charge on any atom is -0.381 e. The van der Waals surface area contributed by atoms with Gasteiger partial charge in [-0.25, -0.2) is 0 Å². The average molecular weight is 358 g/mol. The van der Waals surface area contributed by atoms with Gasteiger partial charge in [0.05, 0.1) is 6.61 Å². The first kappa shape index (κ1) is 19.1. The molecule has 26 heavy (non-hydrogen) atoms. The Labute approximate surface area is 156 Å². The Kier molecular flexibility index (Phi) is 6.80. The maximum atomic E-state index is 12.2. The van der Waals surface area contributed by atoms with Crippen LogP contribution in [0.4, 0.5) is 0 Å².